The molecule has 1 aliphatic heterocycles. The summed E-state index contributed by atoms with van der Waals surface area (Å²) in [5.41, 5.74) is 2.08. The molecule has 1 aliphatic carbocycles. The number of hydrogen-bond donors (Lipinski definition) is 0. The minimum Gasteiger partial charge on any atom is -0.497 e. The molecule has 3 heterocycles. The molecule has 134 valence electrons. The molecule has 5 rings (SSSR count). The molecule has 7 nitrogen and oxygen atoms in total. The Kier molecular flexibility index (Phi) is 3.65. The molecule has 2 aliphatic rings. The molecular weight excluding hydrogens is 328 g/mol. The molecule has 0 spiro atoms. The second-order valence-electron chi connectivity index (χ2n) is 6.95. The van der Waals surface area contributed by atoms with Crippen LogP contribution < -0.4 is 14.5 Å². The summed E-state index contributed by atoms with van der Waals surface area (Å²) in [5, 5.41) is 8.85. The van der Waals surface area contributed by atoms with Crippen LogP contribution in [0, 0.1) is 0 Å². The van der Waals surface area contributed by atoms with Gasteiger partial charge in [0.25, 0.3) is 0 Å². The van der Waals surface area contributed by atoms with E-state index < -0.39 is 0 Å². The van der Waals surface area contributed by atoms with Gasteiger partial charge >= 0.3 is 0 Å². The van der Waals surface area contributed by atoms with Crippen molar-refractivity contribution in [3.63, 3.8) is 0 Å². The van der Waals surface area contributed by atoms with Gasteiger partial charge in [-0.25, -0.2) is 4.98 Å². The monoisotopic (exact) mass is 350 g/mol. The normalized spacial score (nSPS) is 17.7. The summed E-state index contributed by atoms with van der Waals surface area (Å²) in [5.74, 6) is 3.49. The Morgan fingerprint density at radius 2 is 1.85 bits per heavy atom. The Morgan fingerprint density at radius 3 is 2.62 bits per heavy atom. The zero-order valence-corrected chi connectivity index (χ0v) is 14.9. The van der Waals surface area contributed by atoms with Gasteiger partial charge < -0.3 is 14.5 Å². The maximum atomic E-state index is 5.35. The number of ether oxygens (including phenoxy) is 1. The zero-order chi connectivity index (χ0) is 17.5. The predicted molar refractivity (Wildman–Crippen MR) is 100 cm³/mol. The molecule has 0 N–H and O–H groups in total. The number of anilines is 2. The van der Waals surface area contributed by atoms with E-state index in [1.807, 2.05) is 24.5 Å². The summed E-state index contributed by atoms with van der Waals surface area (Å²) in [6.07, 6.45) is 6.29. The maximum absolute atomic E-state index is 5.35. The Hall–Kier alpha value is -2.83. The third kappa shape index (κ3) is 2.64. The molecule has 0 bridgehead atoms. The van der Waals surface area contributed by atoms with E-state index in [1.165, 1.54) is 18.5 Å². The Balaban J connectivity index is 1.36. The number of methoxy groups -OCH3 is 1. The summed E-state index contributed by atoms with van der Waals surface area (Å²) in [7, 11) is 1.71. The summed E-state index contributed by atoms with van der Waals surface area (Å²) in [6.45, 7) is 3.71. The Bertz CT molecular complexity index is 927. The molecule has 0 unspecified atom stereocenters. The van der Waals surface area contributed by atoms with Crippen molar-refractivity contribution >= 4 is 17.2 Å². The summed E-state index contributed by atoms with van der Waals surface area (Å²) in [4.78, 5) is 9.32. The highest BCUT2D eigenvalue weighted by molar-refractivity contribution is 5.65. The second-order valence-corrected chi connectivity index (χ2v) is 6.95. The standard InChI is InChI=1S/C19H22N6O/c1-26-16-4-2-3-15(13-16)23-9-11-24(12-10-23)18-19-22-21-17(14-5-6-14)25(19)8-7-20-18/h2-4,7-8,13-14H,5-6,9-12H2,1H3. The number of piperazine rings is 1. The van der Waals surface area contributed by atoms with Crippen molar-refractivity contribution < 1.29 is 4.74 Å². The van der Waals surface area contributed by atoms with E-state index in [-0.39, 0.29) is 0 Å². The van der Waals surface area contributed by atoms with E-state index in [9.17, 15) is 0 Å². The zero-order valence-electron chi connectivity index (χ0n) is 14.9. The highest BCUT2D eigenvalue weighted by atomic mass is 16.5. The van der Waals surface area contributed by atoms with Crippen molar-refractivity contribution in [1.82, 2.24) is 19.6 Å². The first-order valence-electron chi connectivity index (χ1n) is 9.17. The Labute approximate surface area is 152 Å². The van der Waals surface area contributed by atoms with Crippen LogP contribution in [-0.4, -0.2) is 52.9 Å². The van der Waals surface area contributed by atoms with E-state index in [2.05, 4.69) is 41.5 Å². The largest absolute Gasteiger partial charge is 0.497 e. The van der Waals surface area contributed by atoms with Crippen molar-refractivity contribution in [2.75, 3.05) is 43.1 Å². The van der Waals surface area contributed by atoms with Gasteiger partial charge in [0.2, 0.25) is 5.65 Å². The van der Waals surface area contributed by atoms with Crippen molar-refractivity contribution in [3.05, 3.63) is 42.5 Å². The summed E-state index contributed by atoms with van der Waals surface area (Å²) < 4.78 is 7.47. The van der Waals surface area contributed by atoms with Gasteiger partial charge in [-0.3, -0.25) is 4.40 Å². The van der Waals surface area contributed by atoms with Crippen LogP contribution >= 0.6 is 0 Å². The van der Waals surface area contributed by atoms with E-state index >= 15 is 0 Å². The van der Waals surface area contributed by atoms with Crippen molar-refractivity contribution in [2.24, 2.45) is 0 Å². The predicted octanol–water partition coefficient (Wildman–Crippen LogP) is 2.34. The summed E-state index contributed by atoms with van der Waals surface area (Å²) >= 11 is 0. The highest BCUT2D eigenvalue weighted by Crippen LogP contribution is 2.39. The van der Waals surface area contributed by atoms with Crippen LogP contribution in [0.5, 0.6) is 5.75 Å². The molecule has 2 fully saturated rings. The van der Waals surface area contributed by atoms with E-state index in [4.69, 9.17) is 4.74 Å². The minimum atomic E-state index is 0.574. The van der Waals surface area contributed by atoms with E-state index in [1.54, 1.807) is 7.11 Å². The van der Waals surface area contributed by atoms with Crippen LogP contribution in [0.25, 0.3) is 5.65 Å². The average molecular weight is 350 g/mol. The van der Waals surface area contributed by atoms with Gasteiger partial charge in [-0.2, -0.15) is 0 Å². The number of benzene rings is 1. The second kappa shape index (κ2) is 6.16. The first kappa shape index (κ1) is 15.4. The fourth-order valence-electron chi connectivity index (χ4n) is 3.66. The van der Waals surface area contributed by atoms with Crippen LogP contribution in [0.15, 0.2) is 36.7 Å². The van der Waals surface area contributed by atoms with Gasteiger partial charge in [0.15, 0.2) is 5.82 Å². The molecule has 0 amide bonds. The van der Waals surface area contributed by atoms with E-state index in [0.29, 0.717) is 5.92 Å². The molecule has 26 heavy (non-hydrogen) atoms. The van der Waals surface area contributed by atoms with Crippen molar-refractivity contribution in [1.29, 1.82) is 0 Å². The number of aromatic nitrogens is 4. The first-order valence-corrected chi connectivity index (χ1v) is 9.17. The number of rotatable bonds is 4. The molecule has 3 aromatic rings. The third-order valence-electron chi connectivity index (χ3n) is 5.27. The average Bonchev–Trinajstić information content (AvgIpc) is 3.46. The van der Waals surface area contributed by atoms with Gasteiger partial charge in [0.05, 0.1) is 7.11 Å². The van der Waals surface area contributed by atoms with Gasteiger partial charge in [-0.1, -0.05) is 6.07 Å². The third-order valence-corrected chi connectivity index (χ3v) is 5.27. The lowest BCUT2D eigenvalue weighted by Crippen LogP contribution is -2.47. The molecule has 1 saturated carbocycles. The molecule has 0 atom stereocenters. The van der Waals surface area contributed by atoms with Crippen LogP contribution in [0.2, 0.25) is 0 Å². The van der Waals surface area contributed by atoms with Crippen LogP contribution in [0.3, 0.4) is 0 Å². The molecule has 2 aromatic heterocycles. The number of hydrogen-bond acceptors (Lipinski definition) is 6. The molecule has 1 aromatic carbocycles. The number of fused-ring (bicyclic) bond motifs is 1. The highest BCUT2D eigenvalue weighted by Gasteiger charge is 2.30. The van der Waals surface area contributed by atoms with Crippen LogP contribution in [0.1, 0.15) is 24.6 Å². The Morgan fingerprint density at radius 1 is 1.04 bits per heavy atom. The lowest BCUT2D eigenvalue weighted by Gasteiger charge is -2.36. The summed E-state index contributed by atoms with van der Waals surface area (Å²) in [6, 6.07) is 8.25. The van der Waals surface area contributed by atoms with Crippen LogP contribution in [0.4, 0.5) is 11.5 Å². The fraction of sp³-hybridized carbons (Fsp3) is 0.421. The van der Waals surface area contributed by atoms with Gasteiger partial charge in [0.1, 0.15) is 11.6 Å². The van der Waals surface area contributed by atoms with E-state index in [0.717, 1.165) is 49.2 Å². The van der Waals surface area contributed by atoms with Gasteiger partial charge in [-0.15, -0.1) is 10.2 Å². The lowest BCUT2D eigenvalue weighted by atomic mass is 10.2. The van der Waals surface area contributed by atoms with Gasteiger partial charge in [0, 0.05) is 56.2 Å². The minimum absolute atomic E-state index is 0.574. The van der Waals surface area contributed by atoms with Crippen molar-refractivity contribution in [2.45, 2.75) is 18.8 Å². The lowest BCUT2D eigenvalue weighted by molar-refractivity contribution is 0.414. The molecule has 1 saturated heterocycles. The topological polar surface area (TPSA) is 58.8 Å². The SMILES string of the molecule is COc1cccc(N2CCN(c3nccn4c(C5CC5)nnc34)CC2)c1. The van der Waals surface area contributed by atoms with Crippen molar-refractivity contribution in [3.8, 4) is 5.75 Å². The maximum Gasteiger partial charge on any atom is 0.203 e. The fourth-order valence-corrected chi connectivity index (χ4v) is 3.66. The van der Waals surface area contributed by atoms with Gasteiger partial charge in [-0.05, 0) is 25.0 Å². The molecule has 0 radical (unpaired) electrons. The first-order chi connectivity index (χ1) is 12.8. The number of nitrogens with zero attached hydrogens (tertiary/aromatic N) is 6. The molecular formula is C19H22N6O. The van der Waals surface area contributed by atoms with Crippen LogP contribution in [-0.2, 0) is 0 Å². The molecule has 7 heteroatoms. The smallest absolute Gasteiger partial charge is 0.203 e. The quantitative estimate of drug-likeness (QED) is 0.720.